The summed E-state index contributed by atoms with van der Waals surface area (Å²) in [6, 6.07) is 0. The first-order valence-corrected chi connectivity index (χ1v) is 12.2. The number of fused-ring (bicyclic) bond motifs is 1. The van der Waals surface area contributed by atoms with Gasteiger partial charge in [-0.3, -0.25) is 0 Å². The molecule has 0 aromatic carbocycles. The van der Waals surface area contributed by atoms with E-state index >= 15 is 0 Å². The van der Waals surface area contributed by atoms with Gasteiger partial charge >= 0.3 is 0 Å². The molecule has 1 N–H and O–H groups in total. The Kier molecular flexibility index (Phi) is 7.31. The lowest BCUT2D eigenvalue weighted by Gasteiger charge is -2.40. The molecule has 162 valence electrons. The van der Waals surface area contributed by atoms with Gasteiger partial charge in [-0.1, -0.05) is 70.1 Å². The summed E-state index contributed by atoms with van der Waals surface area (Å²) in [5.41, 5.74) is 6.57. The Bertz CT molecular complexity index is 704. The van der Waals surface area contributed by atoms with Crippen LogP contribution < -0.4 is 0 Å². The topological polar surface area (TPSA) is 20.2 Å². The first kappa shape index (κ1) is 22.6. The van der Waals surface area contributed by atoms with Gasteiger partial charge < -0.3 is 5.11 Å². The number of aliphatic hydroxyl groups excluding tert-OH is 1. The van der Waals surface area contributed by atoms with Crippen LogP contribution in [0, 0.1) is 29.1 Å². The standard InChI is InChI=1S/C28H44O/c1-19(2)20(3)9-10-22(5)26-15-16-27-23(8-7-17-28(26,27)6)12-13-24-18-25(29)14-11-21(24)4/h9-10,12-13,19-20,22,25-26,29H,7-8,11,14-18H2,1-6H3/b10-9+,13-12+/t20-,22+,25-,26+,28-/m1/s1. The predicted molar refractivity (Wildman–Crippen MR) is 126 cm³/mol. The molecule has 29 heavy (non-hydrogen) atoms. The van der Waals surface area contributed by atoms with E-state index in [-0.39, 0.29) is 6.10 Å². The highest BCUT2D eigenvalue weighted by Gasteiger charge is 2.46. The van der Waals surface area contributed by atoms with Gasteiger partial charge in [0.1, 0.15) is 0 Å². The Morgan fingerprint density at radius 2 is 1.69 bits per heavy atom. The minimum absolute atomic E-state index is 0.149. The highest BCUT2D eigenvalue weighted by atomic mass is 16.3. The molecule has 1 saturated carbocycles. The highest BCUT2D eigenvalue weighted by molar-refractivity contribution is 5.40. The van der Waals surface area contributed by atoms with Crippen molar-refractivity contribution in [1.29, 1.82) is 0 Å². The average Bonchev–Trinajstić information content (AvgIpc) is 3.04. The summed E-state index contributed by atoms with van der Waals surface area (Å²) in [7, 11) is 0. The molecule has 1 nitrogen and oxygen atoms in total. The lowest BCUT2D eigenvalue weighted by Crippen LogP contribution is -2.30. The minimum Gasteiger partial charge on any atom is -0.393 e. The summed E-state index contributed by atoms with van der Waals surface area (Å²) in [6.07, 6.45) is 18.9. The van der Waals surface area contributed by atoms with E-state index in [1.165, 1.54) is 43.3 Å². The van der Waals surface area contributed by atoms with Crippen LogP contribution in [0.2, 0.25) is 0 Å². The molecule has 3 aliphatic rings. The molecule has 0 aromatic rings. The van der Waals surface area contributed by atoms with Crippen molar-refractivity contribution in [3.05, 3.63) is 46.6 Å². The van der Waals surface area contributed by atoms with E-state index in [1.54, 1.807) is 11.1 Å². The van der Waals surface area contributed by atoms with Gasteiger partial charge in [0.2, 0.25) is 0 Å². The Morgan fingerprint density at radius 1 is 0.966 bits per heavy atom. The van der Waals surface area contributed by atoms with Gasteiger partial charge in [-0.05, 0) is 98.5 Å². The maximum absolute atomic E-state index is 10.1. The first-order chi connectivity index (χ1) is 13.7. The number of hydrogen-bond acceptors (Lipinski definition) is 1. The molecule has 0 amide bonds. The van der Waals surface area contributed by atoms with Gasteiger partial charge in [-0.15, -0.1) is 0 Å². The van der Waals surface area contributed by atoms with Gasteiger partial charge in [0.15, 0.2) is 0 Å². The van der Waals surface area contributed by atoms with E-state index in [2.05, 4.69) is 65.8 Å². The van der Waals surface area contributed by atoms with Crippen LogP contribution >= 0.6 is 0 Å². The van der Waals surface area contributed by atoms with Crippen molar-refractivity contribution in [3.63, 3.8) is 0 Å². The summed E-state index contributed by atoms with van der Waals surface area (Å²) in [6.45, 7) is 14.2. The number of rotatable bonds is 6. The quantitative estimate of drug-likeness (QED) is 0.454. The molecule has 1 heteroatoms. The van der Waals surface area contributed by atoms with Crippen LogP contribution in [0.3, 0.4) is 0 Å². The maximum Gasteiger partial charge on any atom is 0.0583 e. The monoisotopic (exact) mass is 396 g/mol. The Balaban J connectivity index is 1.79. The van der Waals surface area contributed by atoms with Crippen molar-refractivity contribution >= 4 is 0 Å². The van der Waals surface area contributed by atoms with Gasteiger partial charge in [0.05, 0.1) is 6.10 Å². The summed E-state index contributed by atoms with van der Waals surface area (Å²) < 4.78 is 0. The van der Waals surface area contributed by atoms with E-state index in [0.717, 1.165) is 31.1 Å². The maximum atomic E-state index is 10.1. The third kappa shape index (κ3) is 4.98. The highest BCUT2D eigenvalue weighted by Crippen LogP contribution is 2.57. The van der Waals surface area contributed by atoms with E-state index in [0.29, 0.717) is 17.3 Å². The van der Waals surface area contributed by atoms with E-state index in [9.17, 15) is 5.11 Å². The van der Waals surface area contributed by atoms with Crippen molar-refractivity contribution in [2.45, 2.75) is 99.0 Å². The predicted octanol–water partition coefficient (Wildman–Crippen LogP) is 7.79. The molecule has 0 radical (unpaired) electrons. The van der Waals surface area contributed by atoms with Gasteiger partial charge in [0, 0.05) is 0 Å². The lowest BCUT2D eigenvalue weighted by atomic mass is 9.65. The summed E-state index contributed by atoms with van der Waals surface area (Å²) in [5.74, 6) is 2.80. The first-order valence-electron chi connectivity index (χ1n) is 12.2. The fraction of sp³-hybridized carbons (Fsp3) is 0.714. The van der Waals surface area contributed by atoms with Crippen LogP contribution in [-0.4, -0.2) is 11.2 Å². The third-order valence-electron chi connectivity index (χ3n) is 8.49. The van der Waals surface area contributed by atoms with E-state index in [4.69, 9.17) is 0 Å². The van der Waals surface area contributed by atoms with Crippen molar-refractivity contribution in [2.24, 2.45) is 29.1 Å². The Morgan fingerprint density at radius 3 is 2.41 bits per heavy atom. The van der Waals surface area contributed by atoms with Crippen LogP contribution in [0.25, 0.3) is 0 Å². The van der Waals surface area contributed by atoms with E-state index in [1.807, 2.05) is 0 Å². The SMILES string of the molecule is CC1=C(/C=C/C2=C3CC[C@@H]([C@@H](C)/C=C/[C@@H](C)C(C)C)[C@@]3(C)CCC2)C[C@H](O)CC1. The molecule has 3 rings (SSSR count). The second kappa shape index (κ2) is 9.38. The normalized spacial score (nSPS) is 33.2. The van der Waals surface area contributed by atoms with Crippen molar-refractivity contribution in [2.75, 3.05) is 0 Å². The molecule has 0 aromatic heterocycles. The second-order valence-corrected chi connectivity index (χ2v) is 10.8. The summed E-state index contributed by atoms with van der Waals surface area (Å²) in [5, 5.41) is 10.1. The molecule has 0 unspecified atom stereocenters. The van der Waals surface area contributed by atoms with Gasteiger partial charge in [-0.25, -0.2) is 0 Å². The van der Waals surface area contributed by atoms with Gasteiger partial charge in [0.25, 0.3) is 0 Å². The number of allylic oxidation sites excluding steroid dienone is 7. The molecule has 3 aliphatic carbocycles. The van der Waals surface area contributed by atoms with Crippen LogP contribution in [-0.2, 0) is 0 Å². The number of aliphatic hydroxyl groups is 1. The molecule has 0 spiro atoms. The average molecular weight is 397 g/mol. The fourth-order valence-electron chi connectivity index (χ4n) is 6.01. The fourth-order valence-corrected chi connectivity index (χ4v) is 6.01. The second-order valence-electron chi connectivity index (χ2n) is 10.8. The molecule has 1 fully saturated rings. The van der Waals surface area contributed by atoms with Crippen molar-refractivity contribution in [3.8, 4) is 0 Å². The lowest BCUT2D eigenvalue weighted by molar-refractivity contribution is 0.159. The molecule has 0 heterocycles. The zero-order valence-electron chi connectivity index (χ0n) is 19.8. The van der Waals surface area contributed by atoms with Crippen LogP contribution in [0.4, 0.5) is 0 Å². The summed E-state index contributed by atoms with van der Waals surface area (Å²) in [4.78, 5) is 0. The molecule has 0 aliphatic heterocycles. The number of hydrogen-bond donors (Lipinski definition) is 1. The van der Waals surface area contributed by atoms with Gasteiger partial charge in [-0.2, -0.15) is 0 Å². The largest absolute Gasteiger partial charge is 0.393 e. The van der Waals surface area contributed by atoms with Crippen molar-refractivity contribution < 1.29 is 5.11 Å². The third-order valence-corrected chi connectivity index (χ3v) is 8.49. The molecular formula is C28H44O. The Hall–Kier alpha value is -1.08. The molecule has 0 saturated heterocycles. The smallest absolute Gasteiger partial charge is 0.0583 e. The zero-order chi connectivity index (χ0) is 21.2. The van der Waals surface area contributed by atoms with Crippen LogP contribution in [0.15, 0.2) is 46.6 Å². The van der Waals surface area contributed by atoms with Crippen LogP contribution in [0.1, 0.15) is 92.9 Å². The molecular weight excluding hydrogens is 352 g/mol. The zero-order valence-corrected chi connectivity index (χ0v) is 19.8. The minimum atomic E-state index is -0.149. The molecule has 0 bridgehead atoms. The Labute approximate surface area is 180 Å². The summed E-state index contributed by atoms with van der Waals surface area (Å²) >= 11 is 0. The van der Waals surface area contributed by atoms with E-state index < -0.39 is 0 Å². The molecule has 5 atom stereocenters. The van der Waals surface area contributed by atoms with Crippen LogP contribution in [0.5, 0.6) is 0 Å². The van der Waals surface area contributed by atoms with Crippen molar-refractivity contribution in [1.82, 2.24) is 0 Å².